The molecule has 9 nitrogen and oxygen atoms in total. The van der Waals surface area contributed by atoms with E-state index < -0.39 is 30.6 Å². The van der Waals surface area contributed by atoms with Crippen LogP contribution in [0.25, 0.3) is 10.4 Å². The summed E-state index contributed by atoms with van der Waals surface area (Å²) in [5, 5.41) is 39.4. The smallest absolute Gasteiger partial charge is 0.228 e. The maximum atomic E-state index is 10.6. The number of nitrogens with zero attached hydrogens (tertiary/aromatic N) is 3. The van der Waals surface area contributed by atoms with Crippen molar-refractivity contribution in [2.45, 2.75) is 24.0 Å². The molecule has 0 saturated carbocycles. The van der Waals surface area contributed by atoms with Gasteiger partial charge in [0.1, 0.15) is 18.3 Å². The second-order valence-electron chi connectivity index (χ2n) is 2.99. The number of hydrogen-bond acceptors (Lipinski definition) is 7. The zero-order valence-electron chi connectivity index (χ0n) is 8.46. The van der Waals surface area contributed by atoms with E-state index in [0.29, 0.717) is 0 Å². The van der Waals surface area contributed by atoms with Crippen LogP contribution in [0.1, 0.15) is 0 Å². The minimum atomic E-state index is -2.65. The van der Waals surface area contributed by atoms with Crippen molar-refractivity contribution in [3.63, 3.8) is 0 Å². The van der Waals surface area contributed by atoms with E-state index in [1.54, 1.807) is 0 Å². The highest BCUT2D eigenvalue weighted by Crippen LogP contribution is 2.19. The molecule has 0 aliphatic rings. The van der Waals surface area contributed by atoms with Gasteiger partial charge < -0.3 is 25.2 Å². The molecule has 0 amide bonds. The molecule has 0 heterocycles. The summed E-state index contributed by atoms with van der Waals surface area (Å²) in [4.78, 5) is 12.8. The van der Waals surface area contributed by atoms with Crippen molar-refractivity contribution < 1.29 is 30.0 Å². The third kappa shape index (κ3) is 3.14. The molecule has 0 aliphatic carbocycles. The van der Waals surface area contributed by atoms with Crippen LogP contribution in [0.4, 0.5) is 0 Å². The van der Waals surface area contributed by atoms with E-state index in [0.717, 1.165) is 7.11 Å². The Morgan fingerprint density at radius 2 is 2.19 bits per heavy atom. The van der Waals surface area contributed by atoms with Crippen LogP contribution < -0.4 is 0 Å². The Balaban J connectivity index is 5.08. The summed E-state index contributed by atoms with van der Waals surface area (Å²) in [5.41, 5.74) is 5.49. The lowest BCUT2D eigenvalue weighted by atomic mass is 9.99. The summed E-state index contributed by atoms with van der Waals surface area (Å²) in [6, 6.07) is 0. The summed E-state index contributed by atoms with van der Waals surface area (Å²) in [7, 11) is 1.03. The second kappa shape index (κ2) is 6.38. The molecule has 0 fully saturated rings. The Morgan fingerprint density at radius 1 is 1.62 bits per heavy atom. The summed E-state index contributed by atoms with van der Waals surface area (Å²) >= 11 is 0. The first-order chi connectivity index (χ1) is 7.46. The Kier molecular flexibility index (Phi) is 5.89. The molecule has 4 atom stereocenters. The zero-order valence-corrected chi connectivity index (χ0v) is 8.46. The van der Waals surface area contributed by atoms with Crippen LogP contribution in [0.5, 0.6) is 0 Å². The number of aliphatic hydroxyl groups is 4. The molecule has 0 unspecified atom stereocenters. The zero-order chi connectivity index (χ0) is 12.8. The molecule has 4 N–H and O–H groups in total. The highest BCUT2D eigenvalue weighted by molar-refractivity contribution is 5.63. The fourth-order valence-electron chi connectivity index (χ4n) is 1.09. The highest BCUT2D eigenvalue weighted by Gasteiger charge is 2.43. The van der Waals surface area contributed by atoms with Gasteiger partial charge in [0.05, 0.1) is 6.61 Å². The Morgan fingerprint density at radius 3 is 2.50 bits per heavy atom. The number of azide groups is 1. The molecule has 92 valence electrons. The molecular weight excluding hydrogens is 222 g/mol. The van der Waals surface area contributed by atoms with Gasteiger partial charge in [0.25, 0.3) is 0 Å². The normalized spacial score (nSPS) is 20.1. The van der Waals surface area contributed by atoms with Crippen LogP contribution in [-0.4, -0.2) is 64.5 Å². The van der Waals surface area contributed by atoms with Gasteiger partial charge in [0.15, 0.2) is 6.29 Å². The van der Waals surface area contributed by atoms with Gasteiger partial charge >= 0.3 is 0 Å². The van der Waals surface area contributed by atoms with Crippen molar-refractivity contribution in [3.05, 3.63) is 10.4 Å². The average Bonchev–Trinajstić information content (AvgIpc) is 2.28. The van der Waals surface area contributed by atoms with E-state index in [1.165, 1.54) is 0 Å². The van der Waals surface area contributed by atoms with Crippen LogP contribution in [0, 0.1) is 0 Å². The molecule has 0 bridgehead atoms. The Bertz CT molecular complexity index is 281. The maximum absolute atomic E-state index is 10.6. The van der Waals surface area contributed by atoms with Crippen LogP contribution >= 0.6 is 0 Å². The monoisotopic (exact) mass is 235 g/mol. The molecule has 0 rings (SSSR count). The summed E-state index contributed by atoms with van der Waals surface area (Å²) in [6.07, 6.45) is -5.27. The van der Waals surface area contributed by atoms with Gasteiger partial charge in [-0.25, -0.2) is 0 Å². The molecule has 0 saturated heterocycles. The third-order valence-corrected chi connectivity index (χ3v) is 1.94. The second-order valence-corrected chi connectivity index (χ2v) is 2.99. The Hall–Kier alpha value is -1.22. The third-order valence-electron chi connectivity index (χ3n) is 1.94. The van der Waals surface area contributed by atoms with Crippen molar-refractivity contribution >= 4 is 6.29 Å². The number of carbonyl (C=O) groups excluding carboxylic acids is 1. The number of aliphatic hydroxyl groups excluding tert-OH is 3. The molecule has 16 heavy (non-hydrogen) atoms. The van der Waals surface area contributed by atoms with Crippen molar-refractivity contribution in [2.75, 3.05) is 13.7 Å². The van der Waals surface area contributed by atoms with Gasteiger partial charge in [0, 0.05) is 12.0 Å². The van der Waals surface area contributed by atoms with E-state index in [2.05, 4.69) is 14.8 Å². The van der Waals surface area contributed by atoms with E-state index in [9.17, 15) is 15.0 Å². The van der Waals surface area contributed by atoms with Gasteiger partial charge in [-0.3, -0.25) is 4.79 Å². The number of hydrogen-bond donors (Lipinski definition) is 4. The fourth-order valence-corrected chi connectivity index (χ4v) is 1.09. The first kappa shape index (κ1) is 14.8. The van der Waals surface area contributed by atoms with Crippen molar-refractivity contribution in [1.82, 2.24) is 0 Å². The standard InChI is InChI=1S/C7H13N3O6/c1-16-6(5(14)4(13)2-11)7(15,3-12)9-10-8/h3-6,11,13-15H,2H2,1H3/t4-,5-,6+,7+/m1/s1. The lowest BCUT2D eigenvalue weighted by molar-refractivity contribution is -0.171. The number of aldehydes is 1. The minimum Gasteiger partial charge on any atom is -0.394 e. The molecule has 0 aliphatic heterocycles. The van der Waals surface area contributed by atoms with E-state index in [4.69, 9.17) is 15.7 Å². The average molecular weight is 235 g/mol. The van der Waals surface area contributed by atoms with Gasteiger partial charge in [-0.2, -0.15) is 0 Å². The predicted octanol–water partition coefficient (Wildman–Crippen LogP) is -2.09. The van der Waals surface area contributed by atoms with E-state index in [-0.39, 0.29) is 6.29 Å². The lowest BCUT2D eigenvalue weighted by Crippen LogP contribution is -2.54. The summed E-state index contributed by atoms with van der Waals surface area (Å²) in [5.74, 6) is 0. The van der Waals surface area contributed by atoms with E-state index in [1.807, 2.05) is 0 Å². The molecule has 0 spiro atoms. The van der Waals surface area contributed by atoms with Crippen LogP contribution in [0.3, 0.4) is 0 Å². The molecule has 9 heteroatoms. The number of ether oxygens (including phenoxy) is 1. The van der Waals surface area contributed by atoms with Gasteiger partial charge in [-0.15, -0.1) is 0 Å². The number of methoxy groups -OCH3 is 1. The minimum absolute atomic E-state index is 0.131. The number of carbonyl (C=O) groups is 1. The van der Waals surface area contributed by atoms with Gasteiger partial charge in [-0.05, 0) is 10.6 Å². The molecule has 0 aromatic carbocycles. The van der Waals surface area contributed by atoms with Gasteiger partial charge in [-0.1, -0.05) is 0 Å². The fraction of sp³-hybridized carbons (Fsp3) is 0.857. The predicted molar refractivity (Wildman–Crippen MR) is 50.1 cm³/mol. The first-order valence-electron chi connectivity index (χ1n) is 4.21. The van der Waals surface area contributed by atoms with Crippen molar-refractivity contribution in [3.8, 4) is 0 Å². The summed E-state index contributed by atoms with van der Waals surface area (Å²) in [6.45, 7) is -0.813. The quantitative estimate of drug-likeness (QED) is 0.171. The lowest BCUT2D eigenvalue weighted by Gasteiger charge is -2.31. The first-order valence-corrected chi connectivity index (χ1v) is 4.21. The molecule has 0 aromatic heterocycles. The van der Waals surface area contributed by atoms with Crippen LogP contribution in [-0.2, 0) is 9.53 Å². The molecular formula is C7H13N3O6. The number of rotatable bonds is 7. The topological polar surface area (TPSA) is 156 Å². The highest BCUT2D eigenvalue weighted by atomic mass is 16.5. The van der Waals surface area contributed by atoms with Crippen LogP contribution in [0.2, 0.25) is 0 Å². The van der Waals surface area contributed by atoms with Crippen LogP contribution in [0.15, 0.2) is 5.11 Å². The maximum Gasteiger partial charge on any atom is 0.228 e. The Labute approximate surface area is 90.5 Å². The largest absolute Gasteiger partial charge is 0.394 e. The van der Waals surface area contributed by atoms with E-state index >= 15 is 0 Å². The SMILES string of the molecule is CO[C@@H]([C@H](O)[C@H](O)CO)[C@@](O)(C=O)N=[N+]=[N-]. The molecule has 0 radical (unpaired) electrons. The summed E-state index contributed by atoms with van der Waals surface area (Å²) < 4.78 is 4.58. The van der Waals surface area contributed by atoms with Crippen molar-refractivity contribution in [2.24, 2.45) is 5.11 Å². The van der Waals surface area contributed by atoms with Crippen molar-refractivity contribution in [1.29, 1.82) is 0 Å². The molecule has 0 aromatic rings. The van der Waals surface area contributed by atoms with Gasteiger partial charge in [0.2, 0.25) is 5.72 Å².